The topological polar surface area (TPSA) is 83.8 Å². The van der Waals surface area contributed by atoms with Crippen LogP contribution in [-0.4, -0.2) is 42.5 Å². The first-order valence-corrected chi connectivity index (χ1v) is 11.8. The van der Waals surface area contributed by atoms with Crippen LogP contribution in [0.5, 0.6) is 0 Å². The Bertz CT molecular complexity index is 500. The number of carbonyl (C=O) groups is 2. The second-order valence-corrected chi connectivity index (χ2v) is 13.5. The van der Waals surface area contributed by atoms with Gasteiger partial charge in [0.15, 0.2) is 14.1 Å². The largest absolute Gasteiger partial charge is 0.481 e. The second-order valence-electron chi connectivity index (χ2n) is 8.79. The first kappa shape index (κ1) is 24.0. The van der Waals surface area contributed by atoms with Gasteiger partial charge >= 0.3 is 5.97 Å². The molecule has 5 nitrogen and oxygen atoms in total. The van der Waals surface area contributed by atoms with Crippen LogP contribution >= 0.6 is 0 Å². The molecule has 0 aromatic rings. The summed E-state index contributed by atoms with van der Waals surface area (Å²) in [6.07, 6.45) is -0.122. The van der Waals surface area contributed by atoms with Gasteiger partial charge in [-0.05, 0) is 45.0 Å². The van der Waals surface area contributed by atoms with Crippen LogP contribution in [0.15, 0.2) is 11.6 Å². The van der Waals surface area contributed by atoms with Gasteiger partial charge in [0.2, 0.25) is 0 Å². The maximum atomic E-state index is 12.0. The van der Waals surface area contributed by atoms with E-state index < -0.39 is 38.3 Å². The van der Waals surface area contributed by atoms with Gasteiger partial charge in [-0.2, -0.15) is 0 Å². The summed E-state index contributed by atoms with van der Waals surface area (Å²) in [5.41, 5.74) is 0.873. The van der Waals surface area contributed by atoms with E-state index in [2.05, 4.69) is 33.9 Å². The van der Waals surface area contributed by atoms with Crippen molar-refractivity contribution in [3.8, 4) is 0 Å². The molecule has 25 heavy (non-hydrogen) atoms. The minimum atomic E-state index is -2.22. The molecule has 0 heterocycles. The van der Waals surface area contributed by atoms with Crippen LogP contribution in [0.1, 0.15) is 54.9 Å². The highest BCUT2D eigenvalue weighted by molar-refractivity contribution is 6.74. The lowest BCUT2D eigenvalue weighted by atomic mass is 9.87. The number of hydrogen-bond donors (Lipinski definition) is 2. The van der Waals surface area contributed by atoms with Crippen molar-refractivity contribution in [3.05, 3.63) is 11.6 Å². The van der Waals surface area contributed by atoms with Crippen LogP contribution in [0.4, 0.5) is 0 Å². The number of aliphatic carboxylic acids is 1. The Morgan fingerprint density at radius 1 is 1.16 bits per heavy atom. The molecule has 0 saturated carbocycles. The van der Waals surface area contributed by atoms with E-state index in [4.69, 9.17) is 4.43 Å². The second kappa shape index (κ2) is 9.10. The number of aliphatic hydroxyl groups is 1. The van der Waals surface area contributed by atoms with Crippen LogP contribution in [-0.2, 0) is 14.0 Å². The van der Waals surface area contributed by atoms with Gasteiger partial charge in [0.1, 0.15) is 0 Å². The van der Waals surface area contributed by atoms with Crippen molar-refractivity contribution < 1.29 is 24.2 Å². The molecule has 0 saturated heterocycles. The van der Waals surface area contributed by atoms with Crippen LogP contribution in [0.2, 0.25) is 18.1 Å². The van der Waals surface area contributed by atoms with Crippen LogP contribution in [0, 0.1) is 11.8 Å². The molecule has 0 rings (SSSR count). The van der Waals surface area contributed by atoms with Crippen molar-refractivity contribution >= 4 is 20.1 Å². The molecule has 0 radical (unpaired) electrons. The number of carboxylic acids is 1. The van der Waals surface area contributed by atoms with E-state index in [9.17, 15) is 19.8 Å². The fourth-order valence-electron chi connectivity index (χ4n) is 2.31. The first-order valence-electron chi connectivity index (χ1n) is 8.86. The zero-order chi connectivity index (χ0) is 20.2. The Morgan fingerprint density at radius 3 is 2.00 bits per heavy atom. The quantitative estimate of drug-likeness (QED) is 0.472. The van der Waals surface area contributed by atoms with Crippen molar-refractivity contribution in [1.82, 2.24) is 0 Å². The molecule has 0 aliphatic carbocycles. The summed E-state index contributed by atoms with van der Waals surface area (Å²) in [4.78, 5) is 23.5. The molecule has 0 spiro atoms. The number of carboxylic acid groups (broad SMARTS) is 1. The molecule has 146 valence electrons. The van der Waals surface area contributed by atoms with E-state index in [0.29, 0.717) is 0 Å². The summed E-state index contributed by atoms with van der Waals surface area (Å²) in [6, 6.07) is 0. The lowest BCUT2D eigenvalue weighted by Crippen LogP contribution is -2.50. The van der Waals surface area contributed by atoms with Crippen molar-refractivity contribution in [2.75, 3.05) is 0 Å². The smallest absolute Gasteiger partial charge is 0.308 e. The Kier molecular flexibility index (Phi) is 8.74. The van der Waals surface area contributed by atoms with Crippen molar-refractivity contribution in [2.24, 2.45) is 11.8 Å². The van der Waals surface area contributed by atoms with Gasteiger partial charge in [-0.25, -0.2) is 0 Å². The summed E-state index contributed by atoms with van der Waals surface area (Å²) in [7, 11) is -2.22. The third kappa shape index (κ3) is 7.42. The SMILES string of the molecule is CC(C)=CC(=O)C[C@@H](O)[C@H](C)[C@H](O[Si](C)(C)C(C)(C)C)[C@@H](C)C(=O)O. The van der Waals surface area contributed by atoms with Gasteiger partial charge in [-0.1, -0.05) is 33.3 Å². The number of allylic oxidation sites excluding steroid dienone is 2. The zero-order valence-electron chi connectivity index (χ0n) is 17.2. The van der Waals surface area contributed by atoms with E-state index in [1.165, 1.54) is 6.08 Å². The monoisotopic (exact) mass is 372 g/mol. The fourth-order valence-corrected chi connectivity index (χ4v) is 3.77. The van der Waals surface area contributed by atoms with E-state index in [1.54, 1.807) is 13.8 Å². The molecular formula is C19H36O5Si. The zero-order valence-corrected chi connectivity index (χ0v) is 18.2. The third-order valence-electron chi connectivity index (χ3n) is 5.10. The lowest BCUT2D eigenvalue weighted by Gasteiger charge is -2.42. The number of ketones is 1. The predicted molar refractivity (Wildman–Crippen MR) is 103 cm³/mol. The standard InChI is InChI=1S/C19H36O5Si/c1-12(2)10-15(20)11-16(21)13(3)17(14(4)18(22)23)24-25(8,9)19(5,6)7/h10,13-14,16-17,21H,11H2,1-9H3,(H,22,23)/t13-,14+,16+,17-/m0/s1. The molecule has 0 aromatic carbocycles. The summed E-state index contributed by atoms with van der Waals surface area (Å²) >= 11 is 0. The van der Waals surface area contributed by atoms with Gasteiger partial charge in [-0.3, -0.25) is 9.59 Å². The van der Waals surface area contributed by atoms with Gasteiger partial charge in [0, 0.05) is 12.3 Å². The molecule has 0 amide bonds. The average molecular weight is 373 g/mol. The maximum Gasteiger partial charge on any atom is 0.308 e. The third-order valence-corrected chi connectivity index (χ3v) is 9.58. The highest BCUT2D eigenvalue weighted by Gasteiger charge is 2.43. The molecular weight excluding hydrogens is 336 g/mol. The Hall–Kier alpha value is -0.983. The van der Waals surface area contributed by atoms with E-state index in [1.807, 2.05) is 13.8 Å². The minimum Gasteiger partial charge on any atom is -0.481 e. The molecule has 4 atom stereocenters. The molecule has 2 N–H and O–H groups in total. The number of aliphatic hydroxyl groups excluding tert-OH is 1. The van der Waals surface area contributed by atoms with Crippen molar-refractivity contribution in [2.45, 2.75) is 85.2 Å². The number of hydrogen-bond acceptors (Lipinski definition) is 4. The fraction of sp³-hybridized carbons (Fsp3) is 0.789. The summed E-state index contributed by atoms with van der Waals surface area (Å²) in [5.74, 6) is -2.35. The van der Waals surface area contributed by atoms with Crippen LogP contribution in [0.3, 0.4) is 0 Å². The number of carbonyl (C=O) groups excluding carboxylic acids is 1. The minimum absolute atomic E-state index is 0.0317. The summed E-state index contributed by atoms with van der Waals surface area (Å²) in [5, 5.41) is 19.9. The molecule has 0 aliphatic rings. The van der Waals surface area contributed by atoms with Crippen LogP contribution in [0.25, 0.3) is 0 Å². The van der Waals surface area contributed by atoms with E-state index >= 15 is 0 Å². The molecule has 0 aliphatic heterocycles. The molecule has 6 heteroatoms. The van der Waals surface area contributed by atoms with E-state index in [0.717, 1.165) is 5.57 Å². The molecule has 0 bridgehead atoms. The Morgan fingerprint density at radius 2 is 1.64 bits per heavy atom. The molecule has 0 unspecified atom stereocenters. The van der Waals surface area contributed by atoms with Crippen molar-refractivity contribution in [1.29, 1.82) is 0 Å². The summed E-state index contributed by atoms with van der Waals surface area (Å²) < 4.78 is 6.34. The number of rotatable bonds is 9. The molecule has 0 aromatic heterocycles. The van der Waals surface area contributed by atoms with Gasteiger partial charge in [0.05, 0.1) is 18.1 Å². The van der Waals surface area contributed by atoms with Gasteiger partial charge in [0.25, 0.3) is 0 Å². The molecule has 0 fully saturated rings. The van der Waals surface area contributed by atoms with Crippen LogP contribution < -0.4 is 0 Å². The lowest BCUT2D eigenvalue weighted by molar-refractivity contribution is -0.146. The maximum absolute atomic E-state index is 12.0. The summed E-state index contributed by atoms with van der Waals surface area (Å²) in [6.45, 7) is 17.4. The predicted octanol–water partition coefficient (Wildman–Crippen LogP) is 4.02. The Balaban J connectivity index is 5.44. The average Bonchev–Trinajstić information content (AvgIpc) is 2.40. The van der Waals surface area contributed by atoms with Crippen molar-refractivity contribution in [3.63, 3.8) is 0 Å². The highest BCUT2D eigenvalue weighted by atomic mass is 28.4. The first-order chi connectivity index (χ1) is 11.1. The highest BCUT2D eigenvalue weighted by Crippen LogP contribution is 2.39. The van der Waals surface area contributed by atoms with E-state index in [-0.39, 0.29) is 17.2 Å². The Labute approximate surface area is 153 Å². The van der Waals surface area contributed by atoms with Gasteiger partial charge < -0.3 is 14.6 Å². The van der Waals surface area contributed by atoms with Gasteiger partial charge in [-0.15, -0.1) is 0 Å². The normalized spacial score (nSPS) is 17.4.